The number of carbonyl (C=O) groups excluding carboxylic acids is 2. The Bertz CT molecular complexity index is 796. The molecule has 1 spiro atoms. The predicted octanol–water partition coefficient (Wildman–Crippen LogP) is 0.726. The van der Waals surface area contributed by atoms with Crippen LogP contribution in [0.1, 0.15) is 17.9 Å². The van der Waals surface area contributed by atoms with Gasteiger partial charge in [0.2, 0.25) is 0 Å². The fourth-order valence-electron chi connectivity index (χ4n) is 3.71. The van der Waals surface area contributed by atoms with Crippen LogP contribution in [-0.2, 0) is 19.1 Å². The molecule has 2 saturated heterocycles. The van der Waals surface area contributed by atoms with Gasteiger partial charge in [-0.05, 0) is 37.9 Å². The monoisotopic (exact) mass is 478 g/mol. The first-order valence-electron chi connectivity index (χ1n) is 7.40. The minimum absolute atomic E-state index is 0.103. The lowest BCUT2D eigenvalue weighted by molar-refractivity contribution is -0.170. The second-order valence-electron chi connectivity index (χ2n) is 6.11. The quantitative estimate of drug-likeness (QED) is 0.530. The number of aliphatic hydroxyl groups excluding tert-OH is 2. The van der Waals surface area contributed by atoms with Gasteiger partial charge in [0.15, 0.2) is 12.2 Å². The number of aromatic hydroxyl groups is 1. The summed E-state index contributed by atoms with van der Waals surface area (Å²) in [6.45, 7) is -0.650. The molecule has 0 bridgehead atoms. The van der Waals surface area contributed by atoms with E-state index in [0.29, 0.717) is 15.8 Å². The van der Waals surface area contributed by atoms with Crippen LogP contribution in [-0.4, -0.2) is 57.8 Å². The molecule has 0 aliphatic carbocycles. The van der Waals surface area contributed by atoms with E-state index in [1.807, 2.05) is 0 Å². The van der Waals surface area contributed by atoms with Crippen molar-refractivity contribution in [3.8, 4) is 11.5 Å². The Morgan fingerprint density at radius 2 is 2.04 bits per heavy atom. The van der Waals surface area contributed by atoms with Crippen LogP contribution in [0.5, 0.6) is 11.5 Å². The number of halogens is 2. The molecular weight excluding hydrogens is 468 g/mol. The molecule has 2 fully saturated rings. The smallest absolute Gasteiger partial charge is 0.355 e. The van der Waals surface area contributed by atoms with Gasteiger partial charge in [-0.25, -0.2) is 4.79 Å². The van der Waals surface area contributed by atoms with Crippen molar-refractivity contribution < 1.29 is 39.1 Å². The first kappa shape index (κ1) is 17.1. The molecule has 3 aliphatic heterocycles. The van der Waals surface area contributed by atoms with Crippen molar-refractivity contribution in [2.24, 2.45) is 0 Å². The number of phenolic OH excluding ortho intramolecular Hbond substituents is 1. The molecule has 3 aliphatic rings. The van der Waals surface area contributed by atoms with E-state index in [2.05, 4.69) is 31.9 Å². The predicted molar refractivity (Wildman–Crippen MR) is 87.1 cm³/mol. The van der Waals surface area contributed by atoms with Crippen LogP contribution in [0.3, 0.4) is 0 Å². The van der Waals surface area contributed by atoms with Crippen molar-refractivity contribution in [2.75, 3.05) is 6.61 Å². The van der Waals surface area contributed by atoms with Crippen molar-refractivity contribution in [3.63, 3.8) is 0 Å². The third kappa shape index (κ3) is 2.11. The summed E-state index contributed by atoms with van der Waals surface area (Å²) in [4.78, 5) is 24.6. The molecular formula is C15H12Br2O8. The lowest BCUT2D eigenvalue weighted by atomic mass is 9.75. The standard InChI is InChI=1S/C15H12Br2O8/c16-5-2-7-9(10(17)11(5)21)4-1-8(20)25-15(4)13(23-7)12(6(19)3-18)24-14(15)22/h2,4,6,12-13,18-19,21H,1,3H2. The van der Waals surface area contributed by atoms with Gasteiger partial charge in [0.1, 0.15) is 17.6 Å². The van der Waals surface area contributed by atoms with Gasteiger partial charge in [-0.1, -0.05) is 0 Å². The summed E-state index contributed by atoms with van der Waals surface area (Å²) in [6.07, 6.45) is -3.80. The highest BCUT2D eigenvalue weighted by atomic mass is 79.9. The highest BCUT2D eigenvalue weighted by Gasteiger charge is 2.73. The zero-order valence-corrected chi connectivity index (χ0v) is 15.6. The lowest BCUT2D eigenvalue weighted by Gasteiger charge is -2.39. The molecule has 5 atom stereocenters. The number of ether oxygens (including phenoxy) is 3. The molecule has 10 heteroatoms. The number of carbonyl (C=O) groups is 2. The Labute approximate surface area is 157 Å². The van der Waals surface area contributed by atoms with Gasteiger partial charge in [0.25, 0.3) is 5.60 Å². The number of rotatable bonds is 2. The molecule has 25 heavy (non-hydrogen) atoms. The number of phenols is 1. The molecule has 5 unspecified atom stereocenters. The number of hydrogen-bond acceptors (Lipinski definition) is 8. The van der Waals surface area contributed by atoms with E-state index in [4.69, 9.17) is 14.2 Å². The van der Waals surface area contributed by atoms with Crippen molar-refractivity contribution >= 4 is 43.8 Å². The van der Waals surface area contributed by atoms with E-state index in [0.717, 1.165) is 0 Å². The van der Waals surface area contributed by atoms with E-state index in [9.17, 15) is 24.9 Å². The van der Waals surface area contributed by atoms with E-state index in [1.54, 1.807) is 0 Å². The molecule has 4 rings (SSSR count). The average Bonchev–Trinajstić information content (AvgIpc) is 3.06. The third-order valence-corrected chi connectivity index (χ3v) is 6.22. The number of aliphatic hydroxyl groups is 2. The topological polar surface area (TPSA) is 123 Å². The van der Waals surface area contributed by atoms with Crippen LogP contribution in [0.25, 0.3) is 0 Å². The molecule has 3 heterocycles. The Morgan fingerprint density at radius 3 is 2.72 bits per heavy atom. The maximum atomic E-state index is 12.6. The number of cyclic esters (lactones) is 1. The van der Waals surface area contributed by atoms with Crippen LogP contribution in [0, 0.1) is 0 Å². The van der Waals surface area contributed by atoms with Crippen LogP contribution < -0.4 is 4.74 Å². The first-order chi connectivity index (χ1) is 11.8. The summed E-state index contributed by atoms with van der Waals surface area (Å²) in [5, 5.41) is 29.4. The van der Waals surface area contributed by atoms with Crippen LogP contribution >= 0.6 is 31.9 Å². The van der Waals surface area contributed by atoms with Crippen molar-refractivity contribution in [1.82, 2.24) is 0 Å². The van der Waals surface area contributed by atoms with Gasteiger partial charge in [0.05, 0.1) is 27.9 Å². The van der Waals surface area contributed by atoms with Gasteiger partial charge in [-0.3, -0.25) is 4.79 Å². The SMILES string of the molecule is O=C1CC2c3c(cc(Br)c(O)c3Br)OC3C(C(O)CO)OC(=O)C23O1. The highest BCUT2D eigenvalue weighted by molar-refractivity contribution is 9.11. The number of hydrogen-bond donors (Lipinski definition) is 3. The van der Waals surface area contributed by atoms with E-state index in [1.165, 1.54) is 6.07 Å². The Morgan fingerprint density at radius 1 is 1.32 bits per heavy atom. The molecule has 0 amide bonds. The molecule has 8 nitrogen and oxygen atoms in total. The maximum Gasteiger partial charge on any atom is 0.355 e. The molecule has 0 saturated carbocycles. The second-order valence-corrected chi connectivity index (χ2v) is 7.76. The highest BCUT2D eigenvalue weighted by Crippen LogP contribution is 2.58. The summed E-state index contributed by atoms with van der Waals surface area (Å²) in [6, 6.07) is 1.51. The number of fused-ring (bicyclic) bond motifs is 2. The maximum absolute atomic E-state index is 12.6. The minimum Gasteiger partial charge on any atom is -0.506 e. The Hall–Kier alpha value is -1.36. The van der Waals surface area contributed by atoms with Crippen LogP contribution in [0.4, 0.5) is 0 Å². The van der Waals surface area contributed by atoms with E-state index in [-0.39, 0.29) is 16.6 Å². The van der Waals surface area contributed by atoms with Crippen LogP contribution in [0.15, 0.2) is 15.0 Å². The van der Waals surface area contributed by atoms with Crippen molar-refractivity contribution in [3.05, 3.63) is 20.6 Å². The zero-order chi connectivity index (χ0) is 18.1. The normalized spacial score (nSPS) is 33.7. The average molecular weight is 480 g/mol. The van der Waals surface area contributed by atoms with Gasteiger partial charge >= 0.3 is 11.9 Å². The van der Waals surface area contributed by atoms with Crippen molar-refractivity contribution in [1.29, 1.82) is 0 Å². The fraction of sp³-hybridized carbons (Fsp3) is 0.467. The molecule has 0 radical (unpaired) electrons. The largest absolute Gasteiger partial charge is 0.506 e. The van der Waals surface area contributed by atoms with Gasteiger partial charge in [-0.15, -0.1) is 0 Å². The molecule has 134 valence electrons. The van der Waals surface area contributed by atoms with Crippen molar-refractivity contribution in [2.45, 2.75) is 36.3 Å². The fourth-order valence-corrected chi connectivity index (χ4v) is 5.07. The molecule has 3 N–H and O–H groups in total. The molecule has 1 aromatic carbocycles. The van der Waals surface area contributed by atoms with Crippen LogP contribution in [0.2, 0.25) is 0 Å². The Balaban J connectivity index is 1.93. The second kappa shape index (κ2) is 5.57. The first-order valence-corrected chi connectivity index (χ1v) is 8.99. The lowest BCUT2D eigenvalue weighted by Crippen LogP contribution is -2.57. The summed E-state index contributed by atoms with van der Waals surface area (Å²) in [5.74, 6) is -2.00. The molecule has 1 aromatic rings. The van der Waals surface area contributed by atoms with Gasteiger partial charge < -0.3 is 29.5 Å². The summed E-state index contributed by atoms with van der Waals surface area (Å²) < 4.78 is 17.0. The van der Waals surface area contributed by atoms with Gasteiger partial charge in [0, 0.05) is 5.56 Å². The number of esters is 2. The molecule has 0 aromatic heterocycles. The minimum atomic E-state index is -1.76. The zero-order valence-electron chi connectivity index (χ0n) is 12.4. The number of benzene rings is 1. The van der Waals surface area contributed by atoms with E-state index >= 15 is 0 Å². The third-order valence-electron chi connectivity index (χ3n) is 4.82. The summed E-state index contributed by atoms with van der Waals surface area (Å²) in [7, 11) is 0. The van der Waals surface area contributed by atoms with E-state index < -0.39 is 48.4 Å². The summed E-state index contributed by atoms with van der Waals surface area (Å²) in [5.41, 5.74) is -1.34. The van der Waals surface area contributed by atoms with Gasteiger partial charge in [-0.2, -0.15) is 0 Å². The summed E-state index contributed by atoms with van der Waals surface area (Å²) >= 11 is 6.48. The Kier molecular flexibility index (Phi) is 3.80.